The third-order valence-corrected chi connectivity index (χ3v) is 7.90. The number of aliphatic imine (C=N–C) groups is 1. The molecular formula is C29H23Cl2N3OS. The zero-order chi connectivity index (χ0) is 24.6. The molecule has 3 aliphatic heterocycles. The van der Waals surface area contributed by atoms with Crippen LogP contribution in [0.5, 0.6) is 5.75 Å². The summed E-state index contributed by atoms with van der Waals surface area (Å²) in [6.07, 6.45) is 2.20. The molecule has 3 aromatic rings. The van der Waals surface area contributed by atoms with E-state index in [0.717, 1.165) is 56.6 Å². The van der Waals surface area contributed by atoms with Crippen LogP contribution in [-0.4, -0.2) is 30.3 Å². The monoisotopic (exact) mass is 531 g/mol. The van der Waals surface area contributed by atoms with Gasteiger partial charge in [0.2, 0.25) is 0 Å². The van der Waals surface area contributed by atoms with Gasteiger partial charge in [-0.2, -0.15) is 0 Å². The fraction of sp³-hybridized carbons (Fsp3) is 0.138. The van der Waals surface area contributed by atoms with Crippen LogP contribution < -0.4 is 10.1 Å². The lowest BCUT2D eigenvalue weighted by Crippen LogP contribution is -2.40. The summed E-state index contributed by atoms with van der Waals surface area (Å²) in [5, 5.41) is 8.23. The lowest BCUT2D eigenvalue weighted by atomic mass is 9.88. The number of benzene rings is 3. The summed E-state index contributed by atoms with van der Waals surface area (Å²) in [6, 6.07) is 24.3. The Morgan fingerprint density at radius 3 is 2.33 bits per heavy atom. The molecule has 0 saturated heterocycles. The van der Waals surface area contributed by atoms with E-state index in [1.807, 2.05) is 48.5 Å². The molecule has 0 aromatic heterocycles. The number of fused-ring (bicyclic) bond motifs is 1. The summed E-state index contributed by atoms with van der Waals surface area (Å²) >= 11 is 14.0. The van der Waals surface area contributed by atoms with Gasteiger partial charge in [0.1, 0.15) is 5.75 Å². The standard InChI is InChI=1S/C29H23Cl2N3OS/c1-35-24-12-6-19(7-13-24)26-17-36-29-33-27-21(14-18-2-8-22(30)9-3-18)15-32-16-25(27)28(34(26)29)20-4-10-23(31)11-5-20/h2-14,17,28,32H,15-16H2,1H3/b21-14+. The van der Waals surface area contributed by atoms with Crippen molar-refractivity contribution in [2.75, 3.05) is 20.2 Å². The predicted molar refractivity (Wildman–Crippen MR) is 151 cm³/mol. The number of methoxy groups -OCH3 is 1. The van der Waals surface area contributed by atoms with Crippen LogP contribution in [0.15, 0.2) is 100 Å². The third kappa shape index (κ3) is 4.37. The van der Waals surface area contributed by atoms with E-state index in [9.17, 15) is 0 Å². The SMILES string of the molecule is COc1ccc(C2=CSC3=NC4=C(CNC/C4=C\c4ccc(Cl)cc4)C(c4ccc(Cl)cc4)N23)cc1. The van der Waals surface area contributed by atoms with E-state index in [0.29, 0.717) is 0 Å². The van der Waals surface area contributed by atoms with E-state index in [1.165, 1.54) is 16.7 Å². The maximum absolute atomic E-state index is 6.27. The molecule has 4 nitrogen and oxygen atoms in total. The largest absolute Gasteiger partial charge is 0.497 e. The lowest BCUT2D eigenvalue weighted by Gasteiger charge is -2.40. The van der Waals surface area contributed by atoms with Crippen molar-refractivity contribution in [2.24, 2.45) is 4.99 Å². The first-order valence-corrected chi connectivity index (χ1v) is 13.3. The molecule has 6 rings (SSSR count). The van der Waals surface area contributed by atoms with Gasteiger partial charge in [-0.15, -0.1) is 0 Å². The second kappa shape index (κ2) is 9.83. The number of halogens is 2. The first-order chi connectivity index (χ1) is 17.6. The van der Waals surface area contributed by atoms with E-state index in [1.54, 1.807) is 18.9 Å². The first-order valence-electron chi connectivity index (χ1n) is 11.7. The van der Waals surface area contributed by atoms with Gasteiger partial charge in [0, 0.05) is 28.5 Å². The van der Waals surface area contributed by atoms with Crippen LogP contribution in [0.4, 0.5) is 0 Å². The van der Waals surface area contributed by atoms with Crippen LogP contribution in [0.2, 0.25) is 10.0 Å². The van der Waals surface area contributed by atoms with Crippen molar-refractivity contribution < 1.29 is 4.74 Å². The summed E-state index contributed by atoms with van der Waals surface area (Å²) in [7, 11) is 1.69. The van der Waals surface area contributed by atoms with Crippen LogP contribution in [-0.2, 0) is 0 Å². The molecule has 3 aliphatic rings. The zero-order valence-electron chi connectivity index (χ0n) is 19.5. The van der Waals surface area contributed by atoms with Gasteiger partial charge in [0.15, 0.2) is 5.17 Å². The van der Waals surface area contributed by atoms with Crippen molar-refractivity contribution in [3.63, 3.8) is 0 Å². The Kier molecular flexibility index (Phi) is 6.40. The molecule has 0 saturated carbocycles. The zero-order valence-corrected chi connectivity index (χ0v) is 21.9. The normalized spacial score (nSPS) is 20.1. The van der Waals surface area contributed by atoms with Crippen molar-refractivity contribution in [3.05, 3.63) is 122 Å². The van der Waals surface area contributed by atoms with Crippen molar-refractivity contribution in [1.82, 2.24) is 10.2 Å². The number of nitrogens with one attached hydrogen (secondary N) is 1. The fourth-order valence-corrected chi connectivity index (χ4v) is 6.01. The Morgan fingerprint density at radius 2 is 1.64 bits per heavy atom. The topological polar surface area (TPSA) is 36.9 Å². The maximum atomic E-state index is 6.27. The molecular weight excluding hydrogens is 509 g/mol. The molecule has 1 atom stereocenters. The molecule has 3 aromatic carbocycles. The van der Waals surface area contributed by atoms with Gasteiger partial charge in [0.05, 0.1) is 24.5 Å². The minimum absolute atomic E-state index is 0.00506. The average molecular weight is 532 g/mol. The highest BCUT2D eigenvalue weighted by atomic mass is 35.5. The van der Waals surface area contributed by atoms with Crippen LogP contribution >= 0.6 is 35.0 Å². The van der Waals surface area contributed by atoms with Gasteiger partial charge in [0.25, 0.3) is 0 Å². The van der Waals surface area contributed by atoms with Gasteiger partial charge < -0.3 is 15.0 Å². The molecule has 1 unspecified atom stereocenters. The second-order valence-electron chi connectivity index (χ2n) is 8.77. The Labute approximate surface area is 225 Å². The van der Waals surface area contributed by atoms with Gasteiger partial charge in [-0.3, -0.25) is 0 Å². The number of rotatable bonds is 4. The number of thioether (sulfide) groups is 1. The van der Waals surface area contributed by atoms with Crippen LogP contribution in [0.1, 0.15) is 22.7 Å². The molecule has 0 radical (unpaired) electrons. The fourth-order valence-electron chi connectivity index (χ4n) is 4.83. The number of amidine groups is 1. The smallest absolute Gasteiger partial charge is 0.174 e. The first kappa shape index (κ1) is 23.4. The molecule has 180 valence electrons. The summed E-state index contributed by atoms with van der Waals surface area (Å²) in [5.74, 6) is 0.838. The van der Waals surface area contributed by atoms with E-state index in [-0.39, 0.29) is 6.04 Å². The van der Waals surface area contributed by atoms with Gasteiger partial charge in [-0.1, -0.05) is 59.2 Å². The Balaban J connectivity index is 1.47. The minimum atomic E-state index is -0.00506. The predicted octanol–water partition coefficient (Wildman–Crippen LogP) is 7.40. The molecule has 0 amide bonds. The van der Waals surface area contributed by atoms with Crippen molar-refractivity contribution in [2.45, 2.75) is 6.04 Å². The molecule has 3 heterocycles. The Bertz CT molecular complexity index is 1420. The summed E-state index contributed by atoms with van der Waals surface area (Å²) in [4.78, 5) is 7.56. The number of hydrogen-bond donors (Lipinski definition) is 1. The van der Waals surface area contributed by atoms with Crippen LogP contribution in [0.3, 0.4) is 0 Å². The van der Waals surface area contributed by atoms with E-state index in [2.05, 4.69) is 46.0 Å². The highest BCUT2D eigenvalue weighted by Crippen LogP contribution is 2.48. The minimum Gasteiger partial charge on any atom is -0.497 e. The molecule has 7 heteroatoms. The van der Waals surface area contributed by atoms with Gasteiger partial charge in [-0.05, 0) is 82.4 Å². The molecule has 0 spiro atoms. The third-order valence-electron chi connectivity index (χ3n) is 6.56. The average Bonchev–Trinajstić information content (AvgIpc) is 3.33. The summed E-state index contributed by atoms with van der Waals surface area (Å²) in [6.45, 7) is 1.52. The quantitative estimate of drug-likeness (QED) is 0.380. The van der Waals surface area contributed by atoms with E-state index < -0.39 is 0 Å². The molecule has 36 heavy (non-hydrogen) atoms. The van der Waals surface area contributed by atoms with Crippen molar-refractivity contribution in [1.29, 1.82) is 0 Å². The number of hydrogen-bond acceptors (Lipinski definition) is 5. The highest BCUT2D eigenvalue weighted by molar-refractivity contribution is 8.16. The van der Waals surface area contributed by atoms with E-state index in [4.69, 9.17) is 32.9 Å². The molecule has 0 fully saturated rings. The second-order valence-corrected chi connectivity index (χ2v) is 10.5. The summed E-state index contributed by atoms with van der Waals surface area (Å²) in [5.41, 5.74) is 8.01. The molecule has 0 bridgehead atoms. The Morgan fingerprint density at radius 1 is 0.944 bits per heavy atom. The van der Waals surface area contributed by atoms with Crippen molar-refractivity contribution >= 4 is 51.9 Å². The van der Waals surface area contributed by atoms with Crippen LogP contribution in [0.25, 0.3) is 11.8 Å². The number of nitrogens with zero attached hydrogens (tertiary/aromatic N) is 2. The highest BCUT2D eigenvalue weighted by Gasteiger charge is 2.40. The molecule has 1 N–H and O–H groups in total. The lowest BCUT2D eigenvalue weighted by molar-refractivity contribution is 0.414. The number of ether oxygens (including phenoxy) is 1. The molecule has 0 aliphatic carbocycles. The summed E-state index contributed by atoms with van der Waals surface area (Å²) < 4.78 is 5.37. The maximum Gasteiger partial charge on any atom is 0.174 e. The Hall–Kier alpha value is -2.96. The van der Waals surface area contributed by atoms with Crippen molar-refractivity contribution in [3.8, 4) is 5.75 Å². The van der Waals surface area contributed by atoms with Gasteiger partial charge >= 0.3 is 0 Å². The van der Waals surface area contributed by atoms with Crippen LogP contribution in [0, 0.1) is 0 Å². The van der Waals surface area contributed by atoms with E-state index >= 15 is 0 Å². The van der Waals surface area contributed by atoms with Gasteiger partial charge in [-0.25, -0.2) is 4.99 Å².